The highest BCUT2D eigenvalue weighted by Gasteiger charge is 2.37. The predicted octanol–water partition coefficient (Wildman–Crippen LogP) is 1.87. The first kappa shape index (κ1) is 20.1. The lowest BCUT2D eigenvalue weighted by atomic mass is 9.82. The number of furan rings is 1. The molecule has 0 aliphatic carbocycles. The molecule has 2 N–H and O–H groups in total. The molecule has 0 amide bonds. The second-order valence-electron chi connectivity index (χ2n) is 9.19. The Kier molecular flexibility index (Phi) is 5.20. The van der Waals surface area contributed by atoms with Crippen molar-refractivity contribution in [2.24, 2.45) is 5.92 Å². The van der Waals surface area contributed by atoms with E-state index in [1.165, 1.54) is 10.6 Å². The highest BCUT2D eigenvalue weighted by atomic mass is 16.4. The average molecular weight is 421 g/mol. The van der Waals surface area contributed by atoms with Gasteiger partial charge in [-0.3, -0.25) is 4.79 Å². The summed E-state index contributed by atoms with van der Waals surface area (Å²) in [6.45, 7) is 3.60. The van der Waals surface area contributed by atoms with Crippen molar-refractivity contribution in [2.75, 3.05) is 32.1 Å². The first-order chi connectivity index (χ1) is 15.0. The van der Waals surface area contributed by atoms with Crippen LogP contribution < -0.4 is 15.4 Å². The summed E-state index contributed by atoms with van der Waals surface area (Å²) in [5, 5.41) is 9.23. The van der Waals surface area contributed by atoms with Crippen molar-refractivity contribution in [3.63, 3.8) is 0 Å². The van der Waals surface area contributed by atoms with Crippen molar-refractivity contribution < 1.29 is 14.4 Å². The van der Waals surface area contributed by atoms with Crippen LogP contribution in [-0.4, -0.2) is 36.9 Å². The third-order valence-electron chi connectivity index (χ3n) is 6.79. The van der Waals surface area contributed by atoms with E-state index in [9.17, 15) is 9.90 Å². The van der Waals surface area contributed by atoms with Crippen LogP contribution in [-0.2, 0) is 19.7 Å². The van der Waals surface area contributed by atoms with E-state index in [1.54, 1.807) is 0 Å². The summed E-state index contributed by atoms with van der Waals surface area (Å²) in [5.41, 5.74) is 4.19. The molecule has 6 nitrogen and oxygen atoms in total. The van der Waals surface area contributed by atoms with E-state index in [1.807, 2.05) is 49.0 Å². The average Bonchev–Trinajstić information content (AvgIpc) is 3.22. The minimum Gasteiger partial charge on any atom is -0.458 e. The van der Waals surface area contributed by atoms with Crippen molar-refractivity contribution in [2.45, 2.75) is 32.0 Å². The normalized spacial score (nSPS) is 22.2. The Hall–Kier alpha value is -2.83. The van der Waals surface area contributed by atoms with Gasteiger partial charge in [0.15, 0.2) is 5.76 Å². The number of anilines is 1. The Labute approximate surface area is 182 Å². The fourth-order valence-electron chi connectivity index (χ4n) is 5.32. The SMILES string of the molecule is CN(C)c1ccc(-c2ccc3n(c2=O)C[C@H]2C[C@@H]3C[NH+](Cc3ccc(CO)o3)C2)cc1. The van der Waals surface area contributed by atoms with E-state index < -0.39 is 0 Å². The first-order valence-corrected chi connectivity index (χ1v) is 11.1. The Morgan fingerprint density at radius 2 is 1.84 bits per heavy atom. The number of nitrogens with zero attached hydrogens (tertiary/aromatic N) is 2. The number of fused-ring (bicyclic) bond motifs is 4. The lowest BCUT2D eigenvalue weighted by molar-refractivity contribution is -0.925. The van der Waals surface area contributed by atoms with Crippen LogP contribution in [0.15, 0.2) is 57.7 Å². The van der Waals surface area contributed by atoms with Crippen molar-refractivity contribution >= 4 is 5.69 Å². The predicted molar refractivity (Wildman–Crippen MR) is 120 cm³/mol. The number of nitrogens with one attached hydrogen (secondary N) is 1. The first-order valence-electron chi connectivity index (χ1n) is 11.1. The number of benzene rings is 1. The maximum absolute atomic E-state index is 13.4. The molecule has 0 radical (unpaired) electrons. The molecule has 2 aliphatic rings. The molecule has 0 saturated carbocycles. The molecule has 5 rings (SSSR count). The lowest BCUT2D eigenvalue weighted by Crippen LogP contribution is -3.13. The van der Waals surface area contributed by atoms with E-state index in [0.717, 1.165) is 55.2 Å². The molecule has 1 saturated heterocycles. The minimum absolute atomic E-state index is 0.0585. The minimum atomic E-state index is -0.0585. The Balaban J connectivity index is 1.39. The molecule has 6 heteroatoms. The number of pyridine rings is 1. The molecule has 1 fully saturated rings. The zero-order valence-electron chi connectivity index (χ0n) is 18.2. The highest BCUT2D eigenvalue weighted by Crippen LogP contribution is 2.32. The summed E-state index contributed by atoms with van der Waals surface area (Å²) < 4.78 is 7.73. The van der Waals surface area contributed by atoms with Gasteiger partial charge in [0.25, 0.3) is 5.56 Å². The van der Waals surface area contributed by atoms with Crippen LogP contribution in [0.2, 0.25) is 0 Å². The third-order valence-corrected chi connectivity index (χ3v) is 6.79. The molecule has 2 bridgehead atoms. The monoisotopic (exact) mass is 420 g/mol. The topological polar surface area (TPSA) is 63.1 Å². The number of hydrogen-bond donors (Lipinski definition) is 2. The van der Waals surface area contributed by atoms with Crippen LogP contribution >= 0.6 is 0 Å². The van der Waals surface area contributed by atoms with E-state index in [4.69, 9.17) is 4.42 Å². The molecule has 1 unspecified atom stereocenters. The van der Waals surface area contributed by atoms with Crippen molar-refractivity contribution in [3.05, 3.63) is 76.1 Å². The maximum atomic E-state index is 13.4. The number of piperidine rings is 1. The third kappa shape index (κ3) is 3.82. The fraction of sp³-hybridized carbons (Fsp3) is 0.400. The largest absolute Gasteiger partial charge is 0.458 e. The molecule has 162 valence electrons. The van der Waals surface area contributed by atoms with Crippen molar-refractivity contribution in [1.82, 2.24) is 4.57 Å². The standard InChI is InChI=1S/C25H29N3O3/c1-26(2)20-5-3-18(4-6-20)23-9-10-24-19-11-17(13-28(24)25(23)30)12-27(14-19)15-21-7-8-22(16-29)31-21/h3-10,17,19,29H,11-16H2,1-2H3/p+1/t17-,19+/m0/s1. The van der Waals surface area contributed by atoms with Gasteiger partial charge < -0.3 is 23.9 Å². The second kappa shape index (κ2) is 8.02. The Morgan fingerprint density at radius 3 is 2.55 bits per heavy atom. The van der Waals surface area contributed by atoms with Crippen LogP contribution in [0.4, 0.5) is 5.69 Å². The molecular weight excluding hydrogens is 390 g/mol. The number of aliphatic hydroxyl groups excluding tert-OH is 1. The highest BCUT2D eigenvalue weighted by molar-refractivity contribution is 5.65. The summed E-state index contributed by atoms with van der Waals surface area (Å²) in [6, 6.07) is 16.2. The van der Waals surface area contributed by atoms with Crippen LogP contribution in [0, 0.1) is 5.92 Å². The molecule has 2 aromatic heterocycles. The second-order valence-corrected chi connectivity index (χ2v) is 9.19. The van der Waals surface area contributed by atoms with Crippen molar-refractivity contribution in [1.29, 1.82) is 0 Å². The fourth-order valence-corrected chi connectivity index (χ4v) is 5.32. The van der Waals surface area contributed by atoms with Gasteiger partial charge in [0.1, 0.15) is 18.9 Å². The van der Waals surface area contributed by atoms with Crippen LogP contribution in [0.1, 0.15) is 29.6 Å². The molecule has 0 spiro atoms. The summed E-state index contributed by atoms with van der Waals surface area (Å²) >= 11 is 0. The van der Waals surface area contributed by atoms with Gasteiger partial charge in [-0.15, -0.1) is 0 Å². The number of rotatable bonds is 5. The van der Waals surface area contributed by atoms with Gasteiger partial charge in [0.2, 0.25) is 0 Å². The van der Waals surface area contributed by atoms with Gasteiger partial charge in [-0.25, -0.2) is 0 Å². The smallest absolute Gasteiger partial charge is 0.258 e. The zero-order valence-corrected chi connectivity index (χ0v) is 18.2. The Morgan fingerprint density at radius 1 is 1.06 bits per heavy atom. The molecule has 4 heterocycles. The van der Waals surface area contributed by atoms with Crippen LogP contribution in [0.3, 0.4) is 0 Å². The Bertz CT molecular complexity index is 1130. The number of aromatic nitrogens is 1. The van der Waals surface area contributed by atoms with Gasteiger partial charge in [-0.05, 0) is 48.4 Å². The quantitative estimate of drug-likeness (QED) is 0.662. The van der Waals surface area contributed by atoms with Gasteiger partial charge in [-0.2, -0.15) is 0 Å². The molecule has 3 aromatic rings. The summed E-state index contributed by atoms with van der Waals surface area (Å²) in [5.74, 6) is 2.44. The maximum Gasteiger partial charge on any atom is 0.258 e. The molecule has 3 atom stereocenters. The van der Waals surface area contributed by atoms with Crippen LogP contribution in [0.5, 0.6) is 0 Å². The summed E-state index contributed by atoms with van der Waals surface area (Å²) in [4.78, 5) is 16.9. The van der Waals surface area contributed by atoms with Gasteiger partial charge in [0, 0.05) is 49.4 Å². The van der Waals surface area contributed by atoms with Crippen molar-refractivity contribution in [3.8, 4) is 11.1 Å². The van der Waals surface area contributed by atoms with Crippen LogP contribution in [0.25, 0.3) is 11.1 Å². The number of aliphatic hydroxyl groups is 1. The number of hydrogen-bond acceptors (Lipinski definition) is 4. The van der Waals surface area contributed by atoms with E-state index >= 15 is 0 Å². The molecular formula is C25H30N3O3+. The summed E-state index contributed by atoms with van der Waals surface area (Å²) in [6.07, 6.45) is 1.15. The molecule has 1 aromatic carbocycles. The number of likely N-dealkylation sites (tertiary alicyclic amines) is 1. The van der Waals surface area contributed by atoms with Gasteiger partial charge in [0.05, 0.1) is 13.1 Å². The summed E-state index contributed by atoms with van der Waals surface area (Å²) in [7, 11) is 4.04. The van der Waals surface area contributed by atoms with E-state index in [-0.39, 0.29) is 12.2 Å². The van der Waals surface area contributed by atoms with Gasteiger partial charge >= 0.3 is 0 Å². The van der Waals surface area contributed by atoms with Gasteiger partial charge in [-0.1, -0.05) is 12.1 Å². The van der Waals surface area contributed by atoms with E-state index in [0.29, 0.717) is 17.6 Å². The molecule has 2 aliphatic heterocycles. The number of quaternary nitrogens is 1. The lowest BCUT2D eigenvalue weighted by Gasteiger charge is -2.40. The molecule has 31 heavy (non-hydrogen) atoms. The van der Waals surface area contributed by atoms with E-state index in [2.05, 4.69) is 23.1 Å². The zero-order chi connectivity index (χ0) is 21.5.